The topological polar surface area (TPSA) is 67.9 Å². The second-order valence-corrected chi connectivity index (χ2v) is 6.33. The van der Waals surface area contributed by atoms with Gasteiger partial charge < -0.3 is 9.47 Å². The maximum atomic E-state index is 13.0. The van der Waals surface area contributed by atoms with Crippen LogP contribution in [0.1, 0.15) is 5.56 Å². The number of nitrogens with zero attached hydrogens (tertiary/aromatic N) is 1. The standard InChI is InChI=1S/C19H15ClN2O4S/c1-25-15-4-3-5-16(26-2)13(15)10-14-17(23)21-19(27)22(18(14)24)12-8-6-11(20)7-9-12/h3-10H,1-2H3,(H,21,23,27). The fourth-order valence-corrected chi connectivity index (χ4v) is 3.06. The number of carbonyl (C=O) groups is 2. The zero-order valence-corrected chi connectivity index (χ0v) is 16.1. The number of hydrogen-bond donors (Lipinski definition) is 1. The highest BCUT2D eigenvalue weighted by Gasteiger charge is 2.35. The average molecular weight is 403 g/mol. The molecule has 0 radical (unpaired) electrons. The quantitative estimate of drug-likeness (QED) is 0.483. The molecule has 3 rings (SSSR count). The number of methoxy groups -OCH3 is 2. The Morgan fingerprint density at radius 1 is 1.04 bits per heavy atom. The summed E-state index contributed by atoms with van der Waals surface area (Å²) in [7, 11) is 2.99. The molecule has 1 fully saturated rings. The summed E-state index contributed by atoms with van der Waals surface area (Å²) in [6.07, 6.45) is 1.43. The third-order valence-corrected chi connectivity index (χ3v) is 4.48. The number of amides is 2. The number of benzene rings is 2. The van der Waals surface area contributed by atoms with Crippen molar-refractivity contribution in [2.75, 3.05) is 19.1 Å². The fourth-order valence-electron chi connectivity index (χ4n) is 2.65. The highest BCUT2D eigenvalue weighted by atomic mass is 35.5. The van der Waals surface area contributed by atoms with Gasteiger partial charge in [0.1, 0.15) is 17.1 Å². The van der Waals surface area contributed by atoms with Crippen molar-refractivity contribution in [3.63, 3.8) is 0 Å². The van der Waals surface area contributed by atoms with Gasteiger partial charge >= 0.3 is 0 Å². The first-order valence-electron chi connectivity index (χ1n) is 7.84. The highest BCUT2D eigenvalue weighted by molar-refractivity contribution is 7.80. The first-order valence-corrected chi connectivity index (χ1v) is 8.63. The van der Waals surface area contributed by atoms with Gasteiger partial charge in [-0.15, -0.1) is 0 Å². The molecule has 1 aliphatic rings. The Labute approximate surface area is 166 Å². The molecule has 0 atom stereocenters. The van der Waals surface area contributed by atoms with Gasteiger partial charge in [-0.2, -0.15) is 0 Å². The minimum absolute atomic E-state index is 0.00327. The van der Waals surface area contributed by atoms with Crippen LogP contribution in [0.25, 0.3) is 6.08 Å². The zero-order chi connectivity index (χ0) is 19.6. The Bertz CT molecular complexity index is 934. The molecule has 0 aliphatic carbocycles. The molecule has 2 aromatic carbocycles. The number of ether oxygens (including phenoxy) is 2. The summed E-state index contributed by atoms with van der Waals surface area (Å²) in [5.41, 5.74) is 0.874. The van der Waals surface area contributed by atoms with Crippen LogP contribution in [0.2, 0.25) is 5.02 Å². The Kier molecular flexibility index (Phi) is 5.43. The lowest BCUT2D eigenvalue weighted by molar-refractivity contribution is -0.122. The summed E-state index contributed by atoms with van der Waals surface area (Å²) < 4.78 is 10.6. The summed E-state index contributed by atoms with van der Waals surface area (Å²) in [5.74, 6) is -0.218. The van der Waals surface area contributed by atoms with Gasteiger partial charge in [-0.1, -0.05) is 17.7 Å². The molecule has 2 aromatic rings. The molecule has 0 unspecified atom stereocenters. The predicted octanol–water partition coefficient (Wildman–Crippen LogP) is 3.19. The van der Waals surface area contributed by atoms with Crippen LogP contribution < -0.4 is 19.7 Å². The lowest BCUT2D eigenvalue weighted by atomic mass is 10.1. The van der Waals surface area contributed by atoms with Crippen LogP contribution >= 0.6 is 23.8 Å². The second kappa shape index (κ2) is 7.77. The van der Waals surface area contributed by atoms with E-state index in [2.05, 4.69) is 5.32 Å². The first-order chi connectivity index (χ1) is 13.0. The Morgan fingerprint density at radius 2 is 1.63 bits per heavy atom. The maximum absolute atomic E-state index is 13.0. The van der Waals surface area contributed by atoms with Crippen LogP contribution in [-0.2, 0) is 9.59 Å². The van der Waals surface area contributed by atoms with Crippen LogP contribution in [0.5, 0.6) is 11.5 Å². The Hall–Kier alpha value is -2.90. The largest absolute Gasteiger partial charge is 0.496 e. The van der Waals surface area contributed by atoms with E-state index in [4.69, 9.17) is 33.3 Å². The minimum atomic E-state index is -0.594. The summed E-state index contributed by atoms with van der Waals surface area (Å²) >= 11 is 11.1. The average Bonchev–Trinajstić information content (AvgIpc) is 2.66. The molecule has 0 saturated carbocycles. The van der Waals surface area contributed by atoms with Crippen LogP contribution in [0.4, 0.5) is 5.69 Å². The smallest absolute Gasteiger partial charge is 0.270 e. The van der Waals surface area contributed by atoms with Crippen molar-refractivity contribution >= 4 is 52.5 Å². The van der Waals surface area contributed by atoms with Crippen LogP contribution in [0.15, 0.2) is 48.0 Å². The van der Waals surface area contributed by atoms with Gasteiger partial charge in [0.2, 0.25) is 0 Å². The number of halogens is 1. The van der Waals surface area contributed by atoms with Gasteiger partial charge in [0.05, 0.1) is 25.5 Å². The van der Waals surface area contributed by atoms with Gasteiger partial charge in [0.15, 0.2) is 5.11 Å². The second-order valence-electron chi connectivity index (χ2n) is 5.51. The number of carbonyl (C=O) groups excluding carboxylic acids is 2. The van der Waals surface area contributed by atoms with E-state index in [0.717, 1.165) is 0 Å². The molecule has 1 heterocycles. The molecule has 27 heavy (non-hydrogen) atoms. The lowest BCUT2D eigenvalue weighted by Gasteiger charge is -2.29. The first kappa shape index (κ1) is 18.9. The molecule has 0 bridgehead atoms. The third kappa shape index (κ3) is 3.65. The lowest BCUT2D eigenvalue weighted by Crippen LogP contribution is -2.54. The van der Waals surface area contributed by atoms with E-state index < -0.39 is 11.8 Å². The van der Waals surface area contributed by atoms with E-state index >= 15 is 0 Å². The molecule has 138 valence electrons. The number of nitrogens with one attached hydrogen (secondary N) is 1. The molecular weight excluding hydrogens is 388 g/mol. The van der Waals surface area contributed by atoms with Crippen LogP contribution in [-0.4, -0.2) is 31.1 Å². The van der Waals surface area contributed by atoms with Gasteiger partial charge in [-0.3, -0.25) is 19.8 Å². The highest BCUT2D eigenvalue weighted by Crippen LogP contribution is 2.32. The van der Waals surface area contributed by atoms with Crippen molar-refractivity contribution in [1.82, 2.24) is 5.32 Å². The van der Waals surface area contributed by atoms with Crippen molar-refractivity contribution in [2.24, 2.45) is 0 Å². The molecule has 0 spiro atoms. The van der Waals surface area contributed by atoms with Gasteiger partial charge in [0, 0.05) is 5.02 Å². The molecule has 1 N–H and O–H groups in total. The minimum Gasteiger partial charge on any atom is -0.496 e. The number of anilines is 1. The van der Waals surface area contributed by atoms with Crippen molar-refractivity contribution < 1.29 is 19.1 Å². The molecule has 2 amide bonds. The monoisotopic (exact) mass is 402 g/mol. The zero-order valence-electron chi connectivity index (χ0n) is 14.5. The molecule has 0 aromatic heterocycles. The van der Waals surface area contributed by atoms with E-state index in [1.165, 1.54) is 25.2 Å². The number of thiocarbonyl (C=S) groups is 1. The molecule has 1 saturated heterocycles. The van der Waals surface area contributed by atoms with E-state index in [1.54, 1.807) is 42.5 Å². The van der Waals surface area contributed by atoms with Crippen molar-refractivity contribution in [3.8, 4) is 11.5 Å². The molecule has 1 aliphatic heterocycles. The summed E-state index contributed by atoms with van der Waals surface area (Å²) in [6.45, 7) is 0. The molecular formula is C19H15ClN2O4S. The van der Waals surface area contributed by atoms with Gasteiger partial charge in [0.25, 0.3) is 11.8 Å². The van der Waals surface area contributed by atoms with Crippen molar-refractivity contribution in [3.05, 3.63) is 58.6 Å². The predicted molar refractivity (Wildman–Crippen MR) is 107 cm³/mol. The fraction of sp³-hybridized carbons (Fsp3) is 0.105. The van der Waals surface area contributed by atoms with E-state index in [1.807, 2.05) is 0 Å². The normalized spacial score (nSPS) is 15.7. The van der Waals surface area contributed by atoms with Gasteiger partial charge in [-0.25, -0.2) is 0 Å². The third-order valence-electron chi connectivity index (χ3n) is 3.94. The maximum Gasteiger partial charge on any atom is 0.270 e. The Balaban J connectivity index is 2.09. The Morgan fingerprint density at radius 3 is 2.19 bits per heavy atom. The van der Waals surface area contributed by atoms with Gasteiger partial charge in [-0.05, 0) is 54.7 Å². The van der Waals surface area contributed by atoms with Crippen molar-refractivity contribution in [2.45, 2.75) is 0 Å². The van der Waals surface area contributed by atoms with E-state index in [0.29, 0.717) is 27.8 Å². The van der Waals surface area contributed by atoms with Crippen LogP contribution in [0, 0.1) is 0 Å². The van der Waals surface area contributed by atoms with Crippen LogP contribution in [0.3, 0.4) is 0 Å². The molecule has 8 heteroatoms. The number of rotatable bonds is 4. The van der Waals surface area contributed by atoms with Crippen molar-refractivity contribution in [1.29, 1.82) is 0 Å². The summed E-state index contributed by atoms with van der Waals surface area (Å²) in [6, 6.07) is 11.7. The summed E-state index contributed by atoms with van der Waals surface area (Å²) in [4.78, 5) is 26.7. The number of hydrogen-bond acceptors (Lipinski definition) is 5. The van der Waals surface area contributed by atoms with E-state index in [9.17, 15) is 9.59 Å². The summed E-state index contributed by atoms with van der Waals surface area (Å²) in [5, 5.41) is 3.05. The SMILES string of the molecule is COc1cccc(OC)c1C=C1C(=O)NC(=S)N(c2ccc(Cl)cc2)C1=O. The molecule has 6 nitrogen and oxygen atoms in total. The van der Waals surface area contributed by atoms with E-state index in [-0.39, 0.29) is 10.7 Å².